The number of likely N-dealkylation sites (tertiary alicyclic amines) is 1. The first-order valence-corrected chi connectivity index (χ1v) is 6.98. The molecule has 1 N–H and O–H groups in total. The van der Waals surface area contributed by atoms with E-state index in [2.05, 4.69) is 36.3 Å². The molecular formula is C13H19NO2S. The smallest absolute Gasteiger partial charge is 0.307 e. The summed E-state index contributed by atoms with van der Waals surface area (Å²) in [6, 6.07) is 4.60. The fourth-order valence-electron chi connectivity index (χ4n) is 2.63. The quantitative estimate of drug-likeness (QED) is 0.897. The molecule has 94 valence electrons. The van der Waals surface area contributed by atoms with Gasteiger partial charge >= 0.3 is 5.97 Å². The molecular weight excluding hydrogens is 234 g/mol. The zero-order valence-electron chi connectivity index (χ0n) is 10.3. The second kappa shape index (κ2) is 5.19. The van der Waals surface area contributed by atoms with Crippen molar-refractivity contribution in [3.8, 4) is 0 Å². The summed E-state index contributed by atoms with van der Waals surface area (Å²) < 4.78 is 0. The lowest BCUT2D eigenvalue weighted by molar-refractivity contribution is -0.141. The van der Waals surface area contributed by atoms with Gasteiger partial charge in [0.15, 0.2) is 0 Å². The van der Waals surface area contributed by atoms with Crippen molar-refractivity contribution in [2.24, 2.45) is 11.8 Å². The van der Waals surface area contributed by atoms with E-state index in [1.807, 2.05) is 0 Å². The molecule has 0 aliphatic carbocycles. The molecule has 2 atom stereocenters. The molecule has 0 radical (unpaired) electrons. The Kier molecular flexibility index (Phi) is 3.84. The van der Waals surface area contributed by atoms with Gasteiger partial charge in [0.2, 0.25) is 0 Å². The Morgan fingerprint density at radius 1 is 1.59 bits per heavy atom. The Bertz CT molecular complexity index is 375. The number of rotatable bonds is 4. The SMILES string of the molecule is CC(C)C(c1cccs1)N1CCC(C(=O)O)C1. The molecule has 3 nitrogen and oxygen atoms in total. The van der Waals surface area contributed by atoms with E-state index in [0.717, 1.165) is 13.0 Å². The van der Waals surface area contributed by atoms with Crippen LogP contribution in [0.2, 0.25) is 0 Å². The van der Waals surface area contributed by atoms with E-state index in [9.17, 15) is 4.79 Å². The minimum Gasteiger partial charge on any atom is -0.481 e. The Hall–Kier alpha value is -0.870. The summed E-state index contributed by atoms with van der Waals surface area (Å²) in [5.41, 5.74) is 0. The van der Waals surface area contributed by atoms with Crippen LogP contribution in [0.25, 0.3) is 0 Å². The highest BCUT2D eigenvalue weighted by Gasteiger charge is 2.34. The molecule has 0 saturated carbocycles. The fraction of sp³-hybridized carbons (Fsp3) is 0.615. The zero-order chi connectivity index (χ0) is 12.4. The molecule has 0 bridgehead atoms. The summed E-state index contributed by atoms with van der Waals surface area (Å²) in [5.74, 6) is -0.321. The molecule has 1 aromatic rings. The third-order valence-corrected chi connectivity index (χ3v) is 4.37. The maximum Gasteiger partial charge on any atom is 0.307 e. The van der Waals surface area contributed by atoms with Crippen molar-refractivity contribution in [3.63, 3.8) is 0 Å². The number of carboxylic acids is 1. The van der Waals surface area contributed by atoms with Crippen LogP contribution < -0.4 is 0 Å². The molecule has 0 aromatic carbocycles. The number of nitrogens with zero attached hydrogens (tertiary/aromatic N) is 1. The number of thiophene rings is 1. The van der Waals surface area contributed by atoms with Crippen molar-refractivity contribution >= 4 is 17.3 Å². The van der Waals surface area contributed by atoms with Crippen molar-refractivity contribution in [3.05, 3.63) is 22.4 Å². The van der Waals surface area contributed by atoms with E-state index in [1.165, 1.54) is 4.88 Å². The van der Waals surface area contributed by atoms with Gasteiger partial charge in [-0.25, -0.2) is 0 Å². The molecule has 17 heavy (non-hydrogen) atoms. The maximum absolute atomic E-state index is 11.0. The molecule has 2 unspecified atom stereocenters. The number of aliphatic carboxylic acids is 1. The molecule has 1 aliphatic heterocycles. The number of carbonyl (C=O) groups is 1. The fourth-order valence-corrected chi connectivity index (χ4v) is 3.66. The van der Waals surface area contributed by atoms with E-state index in [1.54, 1.807) is 11.3 Å². The van der Waals surface area contributed by atoms with Crippen molar-refractivity contribution in [2.75, 3.05) is 13.1 Å². The standard InChI is InChI=1S/C13H19NO2S/c1-9(2)12(11-4-3-7-17-11)14-6-5-10(8-14)13(15)16/h3-4,7,9-10,12H,5-6,8H2,1-2H3,(H,15,16). The average Bonchev–Trinajstić information content (AvgIpc) is 2.88. The highest BCUT2D eigenvalue weighted by atomic mass is 32.1. The number of hydrogen-bond donors (Lipinski definition) is 1. The third kappa shape index (κ3) is 2.69. The van der Waals surface area contributed by atoms with Gasteiger partial charge in [-0.2, -0.15) is 0 Å². The predicted octanol–water partition coefficient (Wildman–Crippen LogP) is 2.85. The normalized spacial score (nSPS) is 23.1. The summed E-state index contributed by atoms with van der Waals surface area (Å²) in [6.07, 6.45) is 0.782. The Labute approximate surface area is 106 Å². The number of hydrogen-bond acceptors (Lipinski definition) is 3. The lowest BCUT2D eigenvalue weighted by Gasteiger charge is -2.30. The molecule has 0 amide bonds. The monoisotopic (exact) mass is 253 g/mol. The number of carboxylic acid groups (broad SMARTS) is 1. The largest absolute Gasteiger partial charge is 0.481 e. The van der Waals surface area contributed by atoms with Crippen LogP contribution in [0, 0.1) is 11.8 Å². The minimum atomic E-state index is -0.652. The molecule has 2 rings (SSSR count). The van der Waals surface area contributed by atoms with Gasteiger partial charge in [0.05, 0.1) is 5.92 Å². The summed E-state index contributed by atoms with van der Waals surface area (Å²) in [5, 5.41) is 11.2. The summed E-state index contributed by atoms with van der Waals surface area (Å²) in [6.45, 7) is 6.00. The van der Waals surface area contributed by atoms with Crippen molar-refractivity contribution in [1.82, 2.24) is 4.90 Å². The predicted molar refractivity (Wildman–Crippen MR) is 69.2 cm³/mol. The van der Waals surface area contributed by atoms with Crippen LogP contribution in [0.4, 0.5) is 0 Å². The lowest BCUT2D eigenvalue weighted by atomic mass is 10.0. The van der Waals surface area contributed by atoms with Gasteiger partial charge in [0, 0.05) is 17.5 Å². The van der Waals surface area contributed by atoms with Gasteiger partial charge in [-0.3, -0.25) is 9.69 Å². The van der Waals surface area contributed by atoms with Crippen LogP contribution in [0.3, 0.4) is 0 Å². The molecule has 4 heteroatoms. The summed E-state index contributed by atoms with van der Waals surface area (Å²) >= 11 is 1.77. The van der Waals surface area contributed by atoms with E-state index in [0.29, 0.717) is 18.5 Å². The zero-order valence-corrected chi connectivity index (χ0v) is 11.1. The van der Waals surface area contributed by atoms with Crippen molar-refractivity contribution < 1.29 is 9.90 Å². The Balaban J connectivity index is 2.11. The second-order valence-corrected chi connectivity index (χ2v) is 6.00. The van der Waals surface area contributed by atoms with Gasteiger partial charge in [-0.1, -0.05) is 19.9 Å². The Morgan fingerprint density at radius 2 is 2.35 bits per heavy atom. The Morgan fingerprint density at radius 3 is 2.82 bits per heavy atom. The summed E-state index contributed by atoms with van der Waals surface area (Å²) in [4.78, 5) is 14.7. The highest BCUT2D eigenvalue weighted by molar-refractivity contribution is 7.10. The van der Waals surface area contributed by atoms with Crippen molar-refractivity contribution in [2.45, 2.75) is 26.3 Å². The van der Waals surface area contributed by atoms with Gasteiger partial charge in [0.25, 0.3) is 0 Å². The first-order chi connectivity index (χ1) is 8.09. The van der Waals surface area contributed by atoms with Gasteiger partial charge < -0.3 is 5.11 Å². The van der Waals surface area contributed by atoms with Crippen LogP contribution in [-0.2, 0) is 4.79 Å². The van der Waals surface area contributed by atoms with Crippen LogP contribution in [-0.4, -0.2) is 29.1 Å². The van der Waals surface area contributed by atoms with Crippen LogP contribution in [0.5, 0.6) is 0 Å². The highest BCUT2D eigenvalue weighted by Crippen LogP contribution is 2.35. The van der Waals surface area contributed by atoms with Crippen molar-refractivity contribution in [1.29, 1.82) is 0 Å². The van der Waals surface area contributed by atoms with E-state index >= 15 is 0 Å². The van der Waals surface area contributed by atoms with Gasteiger partial charge in [0.1, 0.15) is 0 Å². The topological polar surface area (TPSA) is 40.5 Å². The summed E-state index contributed by atoms with van der Waals surface area (Å²) in [7, 11) is 0. The third-order valence-electron chi connectivity index (χ3n) is 3.43. The first kappa shape index (κ1) is 12.6. The molecule has 1 aliphatic rings. The first-order valence-electron chi connectivity index (χ1n) is 6.10. The minimum absolute atomic E-state index is 0.184. The molecule has 2 heterocycles. The van der Waals surface area contributed by atoms with Gasteiger partial charge in [-0.05, 0) is 30.3 Å². The van der Waals surface area contributed by atoms with Gasteiger partial charge in [-0.15, -0.1) is 11.3 Å². The van der Waals surface area contributed by atoms with Crippen LogP contribution >= 0.6 is 11.3 Å². The average molecular weight is 253 g/mol. The van der Waals surface area contributed by atoms with E-state index in [4.69, 9.17) is 5.11 Å². The molecule has 1 fully saturated rings. The lowest BCUT2D eigenvalue weighted by Crippen LogP contribution is -2.30. The second-order valence-electron chi connectivity index (χ2n) is 5.02. The molecule has 0 spiro atoms. The van der Waals surface area contributed by atoms with E-state index in [-0.39, 0.29) is 5.92 Å². The van der Waals surface area contributed by atoms with E-state index < -0.39 is 5.97 Å². The molecule has 1 saturated heterocycles. The molecule has 1 aromatic heterocycles. The maximum atomic E-state index is 11.0. The van der Waals surface area contributed by atoms with Crippen LogP contribution in [0.1, 0.15) is 31.2 Å². The van der Waals surface area contributed by atoms with Crippen LogP contribution in [0.15, 0.2) is 17.5 Å².